The molecule has 2 saturated heterocycles. The summed E-state index contributed by atoms with van der Waals surface area (Å²) in [6, 6.07) is 16.6. The minimum absolute atomic E-state index is 0.0980. The number of hydrogen-bond acceptors (Lipinski definition) is 5. The van der Waals surface area contributed by atoms with Crippen molar-refractivity contribution in [3.8, 4) is 0 Å². The second kappa shape index (κ2) is 10.3. The largest absolute Gasteiger partial charge is 0.373 e. The van der Waals surface area contributed by atoms with Gasteiger partial charge < -0.3 is 10.1 Å². The molecule has 2 aromatic rings. The molecule has 8 heteroatoms. The second-order valence-corrected chi connectivity index (χ2v) is 10.9. The molecule has 2 aliphatic rings. The molecule has 0 aromatic heterocycles. The summed E-state index contributed by atoms with van der Waals surface area (Å²) in [6.07, 6.45) is 1.98. The number of benzene rings is 2. The molecule has 4 rings (SSSR count). The van der Waals surface area contributed by atoms with Gasteiger partial charge in [-0.2, -0.15) is 4.31 Å². The monoisotopic (exact) mass is 471 g/mol. The van der Waals surface area contributed by atoms with E-state index in [9.17, 15) is 13.2 Å². The van der Waals surface area contributed by atoms with E-state index < -0.39 is 10.0 Å². The van der Waals surface area contributed by atoms with Crippen LogP contribution in [0.1, 0.15) is 48.7 Å². The average Bonchev–Trinajstić information content (AvgIpc) is 3.34. The number of nitrogens with one attached hydrogen (secondary N) is 1. The van der Waals surface area contributed by atoms with Crippen LogP contribution in [0.3, 0.4) is 0 Å². The lowest BCUT2D eigenvalue weighted by Crippen LogP contribution is -2.48. The highest BCUT2D eigenvalue weighted by molar-refractivity contribution is 7.89. The van der Waals surface area contributed by atoms with Gasteiger partial charge in [0.25, 0.3) is 5.91 Å². The third kappa shape index (κ3) is 5.63. The molecule has 0 saturated carbocycles. The maximum Gasteiger partial charge on any atom is 0.251 e. The molecular formula is C25H33N3O4S. The zero-order valence-electron chi connectivity index (χ0n) is 19.3. The maximum absolute atomic E-state index is 13.2. The Morgan fingerprint density at radius 1 is 1.03 bits per heavy atom. The quantitative estimate of drug-likeness (QED) is 0.672. The highest BCUT2D eigenvalue weighted by Gasteiger charge is 2.32. The summed E-state index contributed by atoms with van der Waals surface area (Å²) in [7, 11) is -3.71. The fourth-order valence-electron chi connectivity index (χ4n) is 4.75. The molecule has 0 spiro atoms. The normalized spacial score (nSPS) is 23.3. The van der Waals surface area contributed by atoms with Gasteiger partial charge in [0.05, 0.1) is 23.1 Å². The predicted molar refractivity (Wildman–Crippen MR) is 128 cm³/mol. The van der Waals surface area contributed by atoms with E-state index in [1.54, 1.807) is 18.2 Å². The first-order valence-electron chi connectivity index (χ1n) is 11.7. The van der Waals surface area contributed by atoms with Gasteiger partial charge in [-0.3, -0.25) is 9.69 Å². The van der Waals surface area contributed by atoms with Crippen LogP contribution in [-0.4, -0.2) is 68.5 Å². The molecule has 7 nitrogen and oxygen atoms in total. The van der Waals surface area contributed by atoms with E-state index >= 15 is 0 Å². The highest BCUT2D eigenvalue weighted by atomic mass is 32.2. The van der Waals surface area contributed by atoms with Crippen LogP contribution in [0.5, 0.6) is 0 Å². The Balaban J connectivity index is 1.48. The Hall–Kier alpha value is -2.26. The van der Waals surface area contributed by atoms with Crippen LogP contribution in [0.4, 0.5) is 0 Å². The summed E-state index contributed by atoms with van der Waals surface area (Å²) in [6.45, 7) is 6.84. The van der Waals surface area contributed by atoms with E-state index in [0.29, 0.717) is 25.2 Å². The van der Waals surface area contributed by atoms with E-state index in [4.69, 9.17) is 4.74 Å². The SMILES string of the molecule is C[C@@H]1CN(S(=O)(=O)c2cccc(C(=O)NC[C@H](c3ccccc3)N3CCCC3)c2)C[C@H](C)O1. The molecule has 2 aliphatic heterocycles. The van der Waals surface area contributed by atoms with E-state index in [1.807, 2.05) is 32.0 Å². The summed E-state index contributed by atoms with van der Waals surface area (Å²) in [5, 5.41) is 3.04. The molecule has 2 fully saturated rings. The first kappa shape index (κ1) is 23.9. The van der Waals surface area contributed by atoms with Gasteiger partial charge in [-0.25, -0.2) is 8.42 Å². The number of likely N-dealkylation sites (tertiary alicyclic amines) is 1. The highest BCUT2D eigenvalue weighted by Crippen LogP contribution is 2.25. The van der Waals surface area contributed by atoms with Gasteiger partial charge in [0.15, 0.2) is 0 Å². The smallest absolute Gasteiger partial charge is 0.251 e. The third-order valence-corrected chi connectivity index (χ3v) is 8.17. The number of carbonyl (C=O) groups is 1. The minimum atomic E-state index is -3.71. The number of hydrogen-bond donors (Lipinski definition) is 1. The summed E-state index contributed by atoms with van der Waals surface area (Å²) >= 11 is 0. The van der Waals surface area contributed by atoms with Crippen LogP contribution in [0.25, 0.3) is 0 Å². The first-order valence-corrected chi connectivity index (χ1v) is 13.1. The fraction of sp³-hybridized carbons (Fsp3) is 0.480. The number of morpholine rings is 1. The van der Waals surface area contributed by atoms with E-state index in [1.165, 1.54) is 15.9 Å². The van der Waals surface area contributed by atoms with Gasteiger partial charge in [-0.15, -0.1) is 0 Å². The molecule has 1 amide bonds. The van der Waals surface area contributed by atoms with Gasteiger partial charge in [0.1, 0.15) is 0 Å². The van der Waals surface area contributed by atoms with Crippen molar-refractivity contribution in [1.29, 1.82) is 0 Å². The third-order valence-electron chi connectivity index (χ3n) is 6.34. The van der Waals surface area contributed by atoms with Crippen molar-refractivity contribution in [3.63, 3.8) is 0 Å². The molecule has 2 aromatic carbocycles. The Kier molecular flexibility index (Phi) is 7.48. The molecule has 0 unspecified atom stereocenters. The van der Waals surface area contributed by atoms with Gasteiger partial charge in [-0.05, 0) is 63.5 Å². The topological polar surface area (TPSA) is 79.0 Å². The Bertz CT molecular complexity index is 1040. The van der Waals surface area contributed by atoms with Gasteiger partial charge in [0.2, 0.25) is 10.0 Å². The second-order valence-electron chi connectivity index (χ2n) is 8.99. The molecular weight excluding hydrogens is 438 g/mol. The summed E-state index contributed by atoms with van der Waals surface area (Å²) in [5.74, 6) is -0.268. The summed E-state index contributed by atoms with van der Waals surface area (Å²) < 4.78 is 33.5. The van der Waals surface area contributed by atoms with Crippen LogP contribution in [0.15, 0.2) is 59.5 Å². The fourth-order valence-corrected chi connectivity index (χ4v) is 6.39. The number of carbonyl (C=O) groups excluding carboxylic acids is 1. The van der Waals surface area contributed by atoms with Crippen LogP contribution in [0.2, 0.25) is 0 Å². The molecule has 33 heavy (non-hydrogen) atoms. The molecule has 0 bridgehead atoms. The standard InChI is InChI=1S/C25H33N3O4S/c1-19-17-28(18-20(2)32-19)33(30,31)23-12-8-11-22(15-23)25(29)26-16-24(27-13-6-7-14-27)21-9-4-3-5-10-21/h3-5,8-12,15,19-20,24H,6-7,13-14,16-18H2,1-2H3,(H,26,29)/t19-,20+,24-/m1/s1. The zero-order valence-corrected chi connectivity index (χ0v) is 20.1. The number of sulfonamides is 1. The molecule has 0 radical (unpaired) electrons. The number of rotatable bonds is 7. The number of ether oxygens (including phenoxy) is 1. The van der Waals surface area contributed by atoms with Crippen molar-refractivity contribution in [1.82, 2.24) is 14.5 Å². The molecule has 2 heterocycles. The lowest BCUT2D eigenvalue weighted by Gasteiger charge is -2.34. The van der Waals surface area contributed by atoms with E-state index in [2.05, 4.69) is 22.3 Å². The lowest BCUT2D eigenvalue weighted by atomic mass is 10.1. The Labute approximate surface area is 196 Å². The minimum Gasteiger partial charge on any atom is -0.373 e. The molecule has 3 atom stereocenters. The Morgan fingerprint density at radius 2 is 1.70 bits per heavy atom. The van der Waals surface area contributed by atoms with Crippen molar-refractivity contribution < 1.29 is 17.9 Å². The van der Waals surface area contributed by atoms with E-state index in [-0.39, 0.29) is 29.1 Å². The number of nitrogens with zero attached hydrogens (tertiary/aromatic N) is 2. The predicted octanol–water partition coefficient (Wildman–Crippen LogP) is 3.05. The van der Waals surface area contributed by atoms with E-state index in [0.717, 1.165) is 25.9 Å². The van der Waals surface area contributed by atoms with Crippen molar-refractivity contribution >= 4 is 15.9 Å². The van der Waals surface area contributed by atoms with Gasteiger partial charge in [0, 0.05) is 25.2 Å². The van der Waals surface area contributed by atoms with Gasteiger partial charge >= 0.3 is 0 Å². The van der Waals surface area contributed by atoms with Crippen molar-refractivity contribution in [2.24, 2.45) is 0 Å². The Morgan fingerprint density at radius 3 is 2.36 bits per heavy atom. The van der Waals surface area contributed by atoms with Crippen molar-refractivity contribution in [2.45, 2.75) is 49.8 Å². The van der Waals surface area contributed by atoms with Crippen molar-refractivity contribution in [3.05, 3.63) is 65.7 Å². The summed E-state index contributed by atoms with van der Waals surface area (Å²) in [4.78, 5) is 15.5. The molecule has 178 valence electrons. The van der Waals surface area contributed by atoms with Crippen LogP contribution >= 0.6 is 0 Å². The lowest BCUT2D eigenvalue weighted by molar-refractivity contribution is -0.0440. The maximum atomic E-state index is 13.2. The van der Waals surface area contributed by atoms with Crippen LogP contribution in [-0.2, 0) is 14.8 Å². The van der Waals surface area contributed by atoms with Crippen molar-refractivity contribution in [2.75, 3.05) is 32.7 Å². The first-order chi connectivity index (χ1) is 15.8. The van der Waals surface area contributed by atoms with Gasteiger partial charge in [-0.1, -0.05) is 36.4 Å². The average molecular weight is 472 g/mol. The summed E-state index contributed by atoms with van der Waals surface area (Å²) in [5.41, 5.74) is 1.52. The zero-order chi connectivity index (χ0) is 23.4. The van der Waals surface area contributed by atoms with Crippen LogP contribution < -0.4 is 5.32 Å². The number of amides is 1. The molecule has 0 aliphatic carbocycles. The molecule has 1 N–H and O–H groups in total. The van der Waals surface area contributed by atoms with Crippen LogP contribution in [0, 0.1) is 0 Å².